The summed E-state index contributed by atoms with van der Waals surface area (Å²) in [6.45, 7) is 2.22. The Bertz CT molecular complexity index is 498. The highest BCUT2D eigenvalue weighted by molar-refractivity contribution is 5.98. The predicted molar refractivity (Wildman–Crippen MR) is 96.4 cm³/mol. The number of halogens is 2. The average molecular weight is 346 g/mol. The van der Waals surface area contributed by atoms with Gasteiger partial charge in [0.2, 0.25) is 5.91 Å². The van der Waals surface area contributed by atoms with Gasteiger partial charge in [0.15, 0.2) is 0 Å². The number of benzene rings is 1. The summed E-state index contributed by atoms with van der Waals surface area (Å²) in [5, 5.41) is 3.00. The minimum atomic E-state index is -0.663. The molecular weight excluding hydrogens is 321 g/mol. The van der Waals surface area contributed by atoms with E-state index in [9.17, 15) is 4.79 Å². The van der Waals surface area contributed by atoms with Gasteiger partial charge in [0.05, 0.1) is 5.54 Å². The zero-order valence-corrected chi connectivity index (χ0v) is 14.3. The molecule has 3 N–H and O–H groups in total. The quantitative estimate of drug-likeness (QED) is 0.883. The van der Waals surface area contributed by atoms with Crippen molar-refractivity contribution in [3.8, 4) is 0 Å². The van der Waals surface area contributed by atoms with E-state index in [-0.39, 0.29) is 30.7 Å². The average Bonchev–Trinajstić information content (AvgIpc) is 3.11. The van der Waals surface area contributed by atoms with Gasteiger partial charge in [-0.2, -0.15) is 0 Å². The van der Waals surface area contributed by atoms with E-state index >= 15 is 0 Å². The maximum absolute atomic E-state index is 12.3. The molecule has 1 aromatic carbocycles. The van der Waals surface area contributed by atoms with Crippen LogP contribution in [0.1, 0.15) is 38.5 Å². The fourth-order valence-corrected chi connectivity index (χ4v) is 3.24. The van der Waals surface area contributed by atoms with Crippen LogP contribution in [0.2, 0.25) is 0 Å². The molecule has 3 rings (SSSR count). The minimum absolute atomic E-state index is 0. The summed E-state index contributed by atoms with van der Waals surface area (Å²) < 4.78 is 0. The Kier molecular flexibility index (Phi) is 6.98. The van der Waals surface area contributed by atoms with Crippen molar-refractivity contribution in [3.63, 3.8) is 0 Å². The first kappa shape index (κ1) is 19.1. The molecule has 0 radical (unpaired) electrons. The first-order valence-electron chi connectivity index (χ1n) is 7.63. The molecule has 2 fully saturated rings. The molecule has 1 saturated heterocycles. The lowest BCUT2D eigenvalue weighted by Gasteiger charge is -2.23. The van der Waals surface area contributed by atoms with E-state index < -0.39 is 5.54 Å². The van der Waals surface area contributed by atoms with E-state index in [0.717, 1.165) is 44.5 Å². The standard InChI is InChI=1S/C16H23N3O.2ClH/c17-16(8-1-2-9-16)15(20)18-13-6-5-7-14(12-13)19-10-3-4-11-19;;/h5-7,12H,1-4,8-11,17H2,(H,18,20);2*1H. The molecule has 0 bridgehead atoms. The van der Waals surface area contributed by atoms with Gasteiger partial charge in [-0.15, -0.1) is 24.8 Å². The molecule has 2 aliphatic rings. The van der Waals surface area contributed by atoms with E-state index in [1.807, 2.05) is 12.1 Å². The van der Waals surface area contributed by atoms with Crippen molar-refractivity contribution in [2.75, 3.05) is 23.3 Å². The van der Waals surface area contributed by atoms with Gasteiger partial charge >= 0.3 is 0 Å². The van der Waals surface area contributed by atoms with Gasteiger partial charge in [0.25, 0.3) is 0 Å². The Balaban J connectivity index is 0.00000121. The van der Waals surface area contributed by atoms with Crippen molar-refractivity contribution >= 4 is 42.1 Å². The molecule has 22 heavy (non-hydrogen) atoms. The van der Waals surface area contributed by atoms with Crippen molar-refractivity contribution in [1.29, 1.82) is 0 Å². The number of anilines is 2. The normalized spacial score (nSPS) is 19.2. The number of hydrogen-bond acceptors (Lipinski definition) is 3. The first-order valence-corrected chi connectivity index (χ1v) is 7.63. The van der Waals surface area contributed by atoms with Crippen LogP contribution in [0, 0.1) is 0 Å². The van der Waals surface area contributed by atoms with Crippen LogP contribution in [0.3, 0.4) is 0 Å². The number of nitrogens with two attached hydrogens (primary N) is 1. The Labute approximate surface area is 144 Å². The number of carbonyl (C=O) groups is 1. The number of amides is 1. The highest BCUT2D eigenvalue weighted by atomic mass is 35.5. The van der Waals surface area contributed by atoms with Crippen LogP contribution in [0.25, 0.3) is 0 Å². The molecule has 6 heteroatoms. The topological polar surface area (TPSA) is 58.4 Å². The second kappa shape index (κ2) is 8.04. The third kappa shape index (κ3) is 4.06. The molecule has 1 amide bonds. The molecule has 0 aromatic heterocycles. The molecule has 0 unspecified atom stereocenters. The molecule has 1 saturated carbocycles. The van der Waals surface area contributed by atoms with Crippen molar-refractivity contribution in [2.24, 2.45) is 5.73 Å². The lowest BCUT2D eigenvalue weighted by molar-refractivity contribution is -0.121. The lowest BCUT2D eigenvalue weighted by atomic mass is 9.98. The predicted octanol–water partition coefficient (Wildman–Crippen LogP) is 3.34. The molecule has 0 spiro atoms. The number of rotatable bonds is 3. The fourth-order valence-electron chi connectivity index (χ4n) is 3.24. The number of hydrogen-bond donors (Lipinski definition) is 2. The fraction of sp³-hybridized carbons (Fsp3) is 0.562. The number of carbonyl (C=O) groups excluding carboxylic acids is 1. The van der Waals surface area contributed by atoms with E-state index in [2.05, 4.69) is 22.3 Å². The maximum atomic E-state index is 12.3. The van der Waals surface area contributed by atoms with Gasteiger partial charge in [-0.1, -0.05) is 18.9 Å². The Morgan fingerprint density at radius 1 is 1.09 bits per heavy atom. The second-order valence-electron chi connectivity index (χ2n) is 6.06. The van der Waals surface area contributed by atoms with Crippen molar-refractivity contribution in [3.05, 3.63) is 24.3 Å². The molecule has 1 aliphatic heterocycles. The van der Waals surface area contributed by atoms with Gasteiger partial charge in [-0.3, -0.25) is 4.79 Å². The molecule has 1 heterocycles. The van der Waals surface area contributed by atoms with Gasteiger partial charge in [-0.25, -0.2) is 0 Å². The van der Waals surface area contributed by atoms with Crippen LogP contribution in [-0.2, 0) is 4.79 Å². The SMILES string of the molecule is Cl.Cl.NC1(C(=O)Nc2cccc(N3CCCC3)c2)CCCC1. The van der Waals surface area contributed by atoms with Crippen LogP contribution < -0.4 is 16.0 Å². The summed E-state index contributed by atoms with van der Waals surface area (Å²) in [5.74, 6) is -0.0337. The Morgan fingerprint density at radius 2 is 1.73 bits per heavy atom. The summed E-state index contributed by atoms with van der Waals surface area (Å²) in [5.41, 5.74) is 7.58. The third-order valence-electron chi connectivity index (χ3n) is 4.52. The minimum Gasteiger partial charge on any atom is -0.371 e. The van der Waals surface area contributed by atoms with E-state index in [1.165, 1.54) is 18.5 Å². The summed E-state index contributed by atoms with van der Waals surface area (Å²) in [4.78, 5) is 14.7. The van der Waals surface area contributed by atoms with Crippen molar-refractivity contribution in [1.82, 2.24) is 0 Å². The van der Waals surface area contributed by atoms with Crippen LogP contribution in [0.15, 0.2) is 24.3 Å². The Morgan fingerprint density at radius 3 is 2.36 bits per heavy atom. The van der Waals surface area contributed by atoms with Gasteiger partial charge < -0.3 is 16.0 Å². The zero-order chi connectivity index (χ0) is 14.0. The summed E-state index contributed by atoms with van der Waals surface area (Å²) in [6, 6.07) is 8.10. The van der Waals surface area contributed by atoms with Crippen LogP contribution >= 0.6 is 24.8 Å². The second-order valence-corrected chi connectivity index (χ2v) is 6.06. The molecule has 124 valence electrons. The highest BCUT2D eigenvalue weighted by Crippen LogP contribution is 2.29. The van der Waals surface area contributed by atoms with E-state index in [0.29, 0.717) is 0 Å². The van der Waals surface area contributed by atoms with Crippen LogP contribution in [0.5, 0.6) is 0 Å². The third-order valence-corrected chi connectivity index (χ3v) is 4.52. The molecule has 0 atom stereocenters. The van der Waals surface area contributed by atoms with E-state index in [1.54, 1.807) is 0 Å². The summed E-state index contributed by atoms with van der Waals surface area (Å²) in [6.07, 6.45) is 6.20. The van der Waals surface area contributed by atoms with Crippen molar-refractivity contribution in [2.45, 2.75) is 44.1 Å². The number of nitrogens with one attached hydrogen (secondary N) is 1. The van der Waals surface area contributed by atoms with Gasteiger partial charge in [0, 0.05) is 24.5 Å². The Hall–Kier alpha value is -0.970. The maximum Gasteiger partial charge on any atom is 0.244 e. The zero-order valence-electron chi connectivity index (χ0n) is 12.7. The van der Waals surface area contributed by atoms with Crippen LogP contribution in [0.4, 0.5) is 11.4 Å². The lowest BCUT2D eigenvalue weighted by Crippen LogP contribution is -2.48. The summed E-state index contributed by atoms with van der Waals surface area (Å²) >= 11 is 0. The largest absolute Gasteiger partial charge is 0.371 e. The summed E-state index contributed by atoms with van der Waals surface area (Å²) in [7, 11) is 0. The molecule has 1 aliphatic carbocycles. The first-order chi connectivity index (χ1) is 9.67. The molecular formula is C16H25Cl2N3O. The molecule has 1 aromatic rings. The number of nitrogens with zero attached hydrogens (tertiary/aromatic N) is 1. The van der Waals surface area contributed by atoms with Crippen molar-refractivity contribution < 1.29 is 4.79 Å². The highest BCUT2D eigenvalue weighted by Gasteiger charge is 2.36. The van der Waals surface area contributed by atoms with Gasteiger partial charge in [-0.05, 0) is 43.9 Å². The smallest absolute Gasteiger partial charge is 0.244 e. The monoisotopic (exact) mass is 345 g/mol. The van der Waals surface area contributed by atoms with E-state index in [4.69, 9.17) is 5.73 Å². The van der Waals surface area contributed by atoms with Gasteiger partial charge in [0.1, 0.15) is 0 Å². The van der Waals surface area contributed by atoms with Crippen LogP contribution in [-0.4, -0.2) is 24.5 Å². The molecule has 4 nitrogen and oxygen atoms in total.